The Kier molecular flexibility index (Phi) is 2.63. The average Bonchev–Trinajstić information content (AvgIpc) is 3.15. The molecule has 1 saturated carbocycles. The maximum absolute atomic E-state index is 6.15. The molecule has 5 heteroatoms. The number of nitrogens with zero attached hydrogens (tertiary/aromatic N) is 1. The van der Waals surface area contributed by atoms with Crippen LogP contribution in [0.15, 0.2) is 12.1 Å². The summed E-state index contributed by atoms with van der Waals surface area (Å²) in [5.74, 6) is 2.81. The van der Waals surface area contributed by atoms with Gasteiger partial charge in [0.2, 0.25) is 0 Å². The lowest BCUT2D eigenvalue weighted by atomic mass is 10.2. The van der Waals surface area contributed by atoms with Crippen molar-refractivity contribution in [2.75, 3.05) is 14.2 Å². The smallest absolute Gasteiger partial charge is 0.163 e. The molecule has 0 spiro atoms. The second-order valence-electron chi connectivity index (χ2n) is 4.71. The van der Waals surface area contributed by atoms with Crippen molar-refractivity contribution >= 4 is 11.0 Å². The van der Waals surface area contributed by atoms with E-state index < -0.39 is 0 Å². The summed E-state index contributed by atoms with van der Waals surface area (Å²) in [4.78, 5) is 7.81. The van der Waals surface area contributed by atoms with Crippen LogP contribution in [0.3, 0.4) is 0 Å². The molecule has 1 fully saturated rings. The van der Waals surface area contributed by atoms with Crippen molar-refractivity contribution < 1.29 is 9.47 Å². The van der Waals surface area contributed by atoms with Gasteiger partial charge >= 0.3 is 0 Å². The molecule has 0 aliphatic heterocycles. The molecule has 2 aromatic rings. The van der Waals surface area contributed by atoms with Crippen molar-refractivity contribution in [1.29, 1.82) is 0 Å². The number of aromatic amines is 1. The summed E-state index contributed by atoms with van der Waals surface area (Å²) >= 11 is 0. The topological polar surface area (TPSA) is 73.2 Å². The fourth-order valence-electron chi connectivity index (χ4n) is 2.19. The third-order valence-electron chi connectivity index (χ3n) is 3.45. The SMILES string of the molecule is COc1cc2nc(C(N)C3CC3)[nH]c2cc1OC. The fourth-order valence-corrected chi connectivity index (χ4v) is 2.19. The van der Waals surface area contributed by atoms with Gasteiger partial charge in [-0.15, -0.1) is 0 Å². The minimum atomic E-state index is 0.00869. The van der Waals surface area contributed by atoms with Crippen LogP contribution in [0, 0.1) is 5.92 Å². The monoisotopic (exact) mass is 247 g/mol. The zero-order chi connectivity index (χ0) is 12.7. The van der Waals surface area contributed by atoms with E-state index in [2.05, 4.69) is 9.97 Å². The minimum absolute atomic E-state index is 0.00869. The Labute approximate surface area is 105 Å². The van der Waals surface area contributed by atoms with E-state index >= 15 is 0 Å². The number of methoxy groups -OCH3 is 2. The first-order valence-electron chi connectivity index (χ1n) is 6.10. The second-order valence-corrected chi connectivity index (χ2v) is 4.71. The molecule has 0 amide bonds. The number of hydrogen-bond acceptors (Lipinski definition) is 4. The van der Waals surface area contributed by atoms with E-state index in [0.717, 1.165) is 16.9 Å². The lowest BCUT2D eigenvalue weighted by Gasteiger charge is -2.06. The average molecular weight is 247 g/mol. The third kappa shape index (κ3) is 1.80. The highest BCUT2D eigenvalue weighted by Gasteiger charge is 2.31. The second kappa shape index (κ2) is 4.17. The number of nitrogens with one attached hydrogen (secondary N) is 1. The number of H-pyrrole nitrogens is 1. The van der Waals surface area contributed by atoms with Crippen LogP contribution < -0.4 is 15.2 Å². The van der Waals surface area contributed by atoms with Crippen molar-refractivity contribution in [3.63, 3.8) is 0 Å². The van der Waals surface area contributed by atoms with E-state index in [1.807, 2.05) is 12.1 Å². The molecule has 3 N–H and O–H groups in total. The van der Waals surface area contributed by atoms with Gasteiger partial charge < -0.3 is 20.2 Å². The molecule has 0 saturated heterocycles. The summed E-state index contributed by atoms with van der Waals surface area (Å²) in [5.41, 5.74) is 7.94. The summed E-state index contributed by atoms with van der Waals surface area (Å²) in [6, 6.07) is 3.77. The Morgan fingerprint density at radius 3 is 2.56 bits per heavy atom. The van der Waals surface area contributed by atoms with E-state index in [9.17, 15) is 0 Å². The van der Waals surface area contributed by atoms with Crippen LogP contribution in [0.5, 0.6) is 11.5 Å². The summed E-state index contributed by atoms with van der Waals surface area (Å²) in [6.45, 7) is 0. The number of aromatic nitrogens is 2. The van der Waals surface area contributed by atoms with Gasteiger partial charge in [0.15, 0.2) is 11.5 Å². The lowest BCUT2D eigenvalue weighted by Crippen LogP contribution is -2.13. The molecule has 1 aromatic carbocycles. The van der Waals surface area contributed by atoms with Gasteiger partial charge in [0.1, 0.15) is 5.82 Å². The normalized spacial score (nSPS) is 16.8. The van der Waals surface area contributed by atoms with Gasteiger partial charge in [-0.3, -0.25) is 0 Å². The molecule has 1 unspecified atom stereocenters. The van der Waals surface area contributed by atoms with E-state index in [1.165, 1.54) is 12.8 Å². The predicted molar refractivity (Wildman–Crippen MR) is 68.9 cm³/mol. The van der Waals surface area contributed by atoms with Crippen LogP contribution in [-0.4, -0.2) is 24.2 Å². The third-order valence-corrected chi connectivity index (χ3v) is 3.45. The van der Waals surface area contributed by atoms with E-state index in [0.29, 0.717) is 17.4 Å². The maximum atomic E-state index is 6.15. The molecule has 0 bridgehead atoms. The van der Waals surface area contributed by atoms with Gasteiger partial charge in [-0.05, 0) is 18.8 Å². The van der Waals surface area contributed by atoms with Gasteiger partial charge in [0, 0.05) is 12.1 Å². The molecule has 5 nitrogen and oxygen atoms in total. The molecular formula is C13H17N3O2. The summed E-state index contributed by atoms with van der Waals surface area (Å²) < 4.78 is 10.5. The molecule has 1 aromatic heterocycles. The molecule has 96 valence electrons. The Hall–Kier alpha value is -1.75. The van der Waals surface area contributed by atoms with E-state index in [-0.39, 0.29) is 6.04 Å². The zero-order valence-electron chi connectivity index (χ0n) is 10.6. The van der Waals surface area contributed by atoms with E-state index in [1.54, 1.807) is 14.2 Å². The molecular weight excluding hydrogens is 230 g/mol. The predicted octanol–water partition coefficient (Wildman–Crippen LogP) is 1.99. The van der Waals surface area contributed by atoms with Crippen LogP contribution >= 0.6 is 0 Å². The molecule has 0 radical (unpaired) electrons. The van der Waals surface area contributed by atoms with E-state index in [4.69, 9.17) is 15.2 Å². The first-order valence-corrected chi connectivity index (χ1v) is 6.10. The van der Waals surface area contributed by atoms with Gasteiger partial charge in [-0.1, -0.05) is 0 Å². The number of hydrogen-bond donors (Lipinski definition) is 2. The summed E-state index contributed by atoms with van der Waals surface area (Å²) in [7, 11) is 3.24. The maximum Gasteiger partial charge on any atom is 0.163 e. The van der Waals surface area contributed by atoms with Crippen molar-refractivity contribution in [1.82, 2.24) is 9.97 Å². The number of benzene rings is 1. The van der Waals surface area contributed by atoms with Gasteiger partial charge in [0.25, 0.3) is 0 Å². The molecule has 1 aliphatic carbocycles. The van der Waals surface area contributed by atoms with Gasteiger partial charge in [-0.25, -0.2) is 4.98 Å². The van der Waals surface area contributed by atoms with Crippen LogP contribution in [-0.2, 0) is 0 Å². The van der Waals surface area contributed by atoms with Crippen molar-refractivity contribution in [3.8, 4) is 11.5 Å². The highest BCUT2D eigenvalue weighted by molar-refractivity contribution is 5.79. The minimum Gasteiger partial charge on any atom is -0.493 e. The molecule has 1 aliphatic rings. The number of imidazole rings is 1. The van der Waals surface area contributed by atoms with Gasteiger partial charge in [0.05, 0.1) is 31.3 Å². The van der Waals surface area contributed by atoms with Crippen molar-refractivity contribution in [2.45, 2.75) is 18.9 Å². The first-order chi connectivity index (χ1) is 8.72. The summed E-state index contributed by atoms with van der Waals surface area (Å²) in [6.07, 6.45) is 2.40. The molecule has 18 heavy (non-hydrogen) atoms. The molecule has 1 atom stereocenters. The van der Waals surface area contributed by atoms with Crippen LogP contribution in [0.1, 0.15) is 24.7 Å². The van der Waals surface area contributed by atoms with Crippen LogP contribution in [0.4, 0.5) is 0 Å². The fraction of sp³-hybridized carbons (Fsp3) is 0.462. The Morgan fingerprint density at radius 1 is 1.28 bits per heavy atom. The van der Waals surface area contributed by atoms with Crippen molar-refractivity contribution in [2.24, 2.45) is 11.7 Å². The number of fused-ring (bicyclic) bond motifs is 1. The van der Waals surface area contributed by atoms with Crippen LogP contribution in [0.25, 0.3) is 11.0 Å². The molecule has 3 rings (SSSR count). The zero-order valence-corrected chi connectivity index (χ0v) is 10.6. The lowest BCUT2D eigenvalue weighted by molar-refractivity contribution is 0.356. The largest absolute Gasteiger partial charge is 0.493 e. The number of nitrogens with two attached hydrogens (primary N) is 1. The van der Waals surface area contributed by atoms with Gasteiger partial charge in [-0.2, -0.15) is 0 Å². The summed E-state index contributed by atoms with van der Waals surface area (Å²) in [5, 5.41) is 0. The molecule has 1 heterocycles. The Morgan fingerprint density at radius 2 is 1.94 bits per heavy atom. The highest BCUT2D eigenvalue weighted by atomic mass is 16.5. The highest BCUT2D eigenvalue weighted by Crippen LogP contribution is 2.39. The van der Waals surface area contributed by atoms with Crippen molar-refractivity contribution in [3.05, 3.63) is 18.0 Å². The number of rotatable bonds is 4. The first kappa shape index (κ1) is 11.3. The number of ether oxygens (including phenoxy) is 2. The Bertz CT molecular complexity index is 534. The van der Waals surface area contributed by atoms with Crippen LogP contribution in [0.2, 0.25) is 0 Å². The quantitative estimate of drug-likeness (QED) is 0.866. The Balaban J connectivity index is 2.05. The standard InChI is InChI=1S/C13H17N3O2/c1-17-10-5-8-9(6-11(10)18-2)16-13(15-8)12(14)7-3-4-7/h5-7,12H,3-4,14H2,1-2H3,(H,15,16).